The lowest BCUT2D eigenvalue weighted by Gasteiger charge is -2.30. The van der Waals surface area contributed by atoms with E-state index in [-0.39, 0.29) is 5.91 Å². The first-order valence-corrected chi connectivity index (χ1v) is 6.77. The van der Waals surface area contributed by atoms with Gasteiger partial charge in [0.2, 0.25) is 5.95 Å². The number of carbonyl (C=O) groups excluding carboxylic acids is 1. The van der Waals surface area contributed by atoms with E-state index in [4.69, 9.17) is 0 Å². The van der Waals surface area contributed by atoms with E-state index in [1.807, 2.05) is 0 Å². The van der Waals surface area contributed by atoms with Crippen LogP contribution >= 0.6 is 0 Å². The molecule has 0 unspecified atom stereocenters. The van der Waals surface area contributed by atoms with E-state index in [1.165, 1.54) is 25.1 Å². The van der Waals surface area contributed by atoms with Crippen LogP contribution in [0.5, 0.6) is 0 Å². The average Bonchev–Trinajstić information content (AvgIpc) is 2.41. The van der Waals surface area contributed by atoms with Crippen LogP contribution in [0.25, 0.3) is 0 Å². The molecule has 1 fully saturated rings. The van der Waals surface area contributed by atoms with Crippen LogP contribution in [0, 0.1) is 11.9 Å². The first kappa shape index (κ1) is 13.9. The van der Waals surface area contributed by atoms with Crippen LogP contribution in [0.1, 0.15) is 30.1 Å². The fourth-order valence-corrected chi connectivity index (χ4v) is 2.26. The van der Waals surface area contributed by atoms with Crippen LogP contribution < -0.4 is 5.32 Å². The molecule has 0 radical (unpaired) electrons. The summed E-state index contributed by atoms with van der Waals surface area (Å²) in [6, 6.07) is 2.67. The van der Waals surface area contributed by atoms with E-state index in [0.717, 1.165) is 31.6 Å². The van der Waals surface area contributed by atoms with E-state index in [9.17, 15) is 9.18 Å². The minimum absolute atomic E-state index is 0.244. The average molecular weight is 265 g/mol. The van der Waals surface area contributed by atoms with Crippen LogP contribution in [0.15, 0.2) is 18.3 Å². The van der Waals surface area contributed by atoms with Gasteiger partial charge in [-0.25, -0.2) is 4.98 Å². The van der Waals surface area contributed by atoms with E-state index < -0.39 is 5.95 Å². The van der Waals surface area contributed by atoms with Crippen LogP contribution in [-0.4, -0.2) is 42.0 Å². The highest BCUT2D eigenvalue weighted by Crippen LogP contribution is 2.15. The Hall–Kier alpha value is -1.49. The lowest BCUT2D eigenvalue weighted by molar-refractivity contribution is 0.0944. The molecule has 1 aromatic rings. The summed E-state index contributed by atoms with van der Waals surface area (Å²) in [6.07, 6.45) is 3.75. The van der Waals surface area contributed by atoms with Crippen LogP contribution in [0.3, 0.4) is 0 Å². The van der Waals surface area contributed by atoms with E-state index >= 15 is 0 Å². The van der Waals surface area contributed by atoms with Gasteiger partial charge < -0.3 is 10.2 Å². The van der Waals surface area contributed by atoms with Crippen LogP contribution in [0.4, 0.5) is 4.39 Å². The number of nitrogens with one attached hydrogen (secondary N) is 1. The number of amides is 1. The number of likely N-dealkylation sites (tertiary alicyclic amines) is 1. The molecule has 0 saturated carbocycles. The van der Waals surface area contributed by atoms with Crippen molar-refractivity contribution < 1.29 is 9.18 Å². The van der Waals surface area contributed by atoms with Gasteiger partial charge in [-0.15, -0.1) is 0 Å². The van der Waals surface area contributed by atoms with Gasteiger partial charge in [-0.1, -0.05) is 6.92 Å². The number of rotatable bonds is 4. The third-order valence-electron chi connectivity index (χ3n) is 3.58. The van der Waals surface area contributed by atoms with Gasteiger partial charge in [0.1, 0.15) is 0 Å². The number of aromatic nitrogens is 1. The monoisotopic (exact) mass is 265 g/mol. The first-order valence-electron chi connectivity index (χ1n) is 6.77. The summed E-state index contributed by atoms with van der Waals surface area (Å²) in [4.78, 5) is 17.5. The molecule has 2 heterocycles. The minimum Gasteiger partial charge on any atom is -0.351 e. The largest absolute Gasteiger partial charge is 0.351 e. The quantitative estimate of drug-likeness (QED) is 0.843. The van der Waals surface area contributed by atoms with Gasteiger partial charge in [-0.2, -0.15) is 4.39 Å². The number of hydrogen-bond acceptors (Lipinski definition) is 3. The van der Waals surface area contributed by atoms with Crippen molar-refractivity contribution in [2.75, 3.05) is 26.2 Å². The number of carbonyl (C=O) groups is 1. The molecule has 0 aliphatic carbocycles. The summed E-state index contributed by atoms with van der Waals surface area (Å²) >= 11 is 0. The Morgan fingerprint density at radius 2 is 2.26 bits per heavy atom. The zero-order chi connectivity index (χ0) is 13.7. The van der Waals surface area contributed by atoms with Gasteiger partial charge in [-0.05, 0) is 37.9 Å². The Balaban J connectivity index is 1.72. The smallest absolute Gasteiger partial charge is 0.251 e. The maximum Gasteiger partial charge on any atom is 0.251 e. The van der Waals surface area contributed by atoms with Crippen molar-refractivity contribution in [3.05, 3.63) is 29.8 Å². The SMILES string of the molecule is CC1CCN(CCNC(=O)c2ccnc(F)c2)CC1. The highest BCUT2D eigenvalue weighted by Gasteiger charge is 2.15. The topological polar surface area (TPSA) is 45.2 Å². The number of halogens is 1. The predicted molar refractivity (Wildman–Crippen MR) is 71.4 cm³/mol. The highest BCUT2D eigenvalue weighted by molar-refractivity contribution is 5.93. The highest BCUT2D eigenvalue weighted by atomic mass is 19.1. The van der Waals surface area contributed by atoms with Crippen molar-refractivity contribution in [2.45, 2.75) is 19.8 Å². The number of nitrogens with zero attached hydrogens (tertiary/aromatic N) is 2. The third kappa shape index (κ3) is 4.28. The van der Waals surface area contributed by atoms with Crippen molar-refractivity contribution >= 4 is 5.91 Å². The molecule has 19 heavy (non-hydrogen) atoms. The molecule has 0 atom stereocenters. The van der Waals surface area contributed by atoms with Gasteiger partial charge >= 0.3 is 0 Å². The Bertz CT molecular complexity index is 430. The zero-order valence-electron chi connectivity index (χ0n) is 11.2. The summed E-state index contributed by atoms with van der Waals surface area (Å²) in [7, 11) is 0. The maximum atomic E-state index is 12.9. The van der Waals surface area contributed by atoms with E-state index in [0.29, 0.717) is 12.1 Å². The summed E-state index contributed by atoms with van der Waals surface area (Å²) < 4.78 is 12.9. The van der Waals surface area contributed by atoms with Gasteiger partial charge in [0.05, 0.1) is 0 Å². The Kier molecular flexibility index (Phi) is 4.85. The molecule has 1 N–H and O–H groups in total. The van der Waals surface area contributed by atoms with E-state index in [1.54, 1.807) is 0 Å². The lowest BCUT2D eigenvalue weighted by Crippen LogP contribution is -2.39. The van der Waals surface area contributed by atoms with Crippen molar-refractivity contribution in [3.63, 3.8) is 0 Å². The van der Waals surface area contributed by atoms with Gasteiger partial charge in [0, 0.05) is 30.9 Å². The minimum atomic E-state index is -0.627. The lowest BCUT2D eigenvalue weighted by atomic mass is 9.99. The molecular formula is C14H20FN3O. The molecule has 0 aromatic carbocycles. The molecule has 2 rings (SSSR count). The third-order valence-corrected chi connectivity index (χ3v) is 3.58. The number of hydrogen-bond donors (Lipinski definition) is 1. The Labute approximate surface area is 113 Å². The Morgan fingerprint density at radius 3 is 2.95 bits per heavy atom. The maximum absolute atomic E-state index is 12.9. The summed E-state index contributed by atoms with van der Waals surface area (Å²) in [5, 5.41) is 2.81. The molecule has 1 saturated heterocycles. The molecule has 5 heteroatoms. The summed E-state index contributed by atoms with van der Waals surface area (Å²) in [5.41, 5.74) is 0.319. The standard InChI is InChI=1S/C14H20FN3O/c1-11-3-7-18(8-4-11)9-6-17-14(19)12-2-5-16-13(15)10-12/h2,5,10-11H,3-4,6-9H2,1H3,(H,17,19). The molecule has 1 amide bonds. The van der Waals surface area contributed by atoms with E-state index in [2.05, 4.69) is 22.1 Å². The van der Waals surface area contributed by atoms with Crippen molar-refractivity contribution in [2.24, 2.45) is 5.92 Å². The fraction of sp³-hybridized carbons (Fsp3) is 0.571. The molecule has 1 aliphatic rings. The molecule has 0 spiro atoms. The van der Waals surface area contributed by atoms with Gasteiger partial charge in [0.15, 0.2) is 0 Å². The molecule has 4 nitrogen and oxygen atoms in total. The first-order chi connectivity index (χ1) is 9.15. The second-order valence-corrected chi connectivity index (χ2v) is 5.15. The second kappa shape index (κ2) is 6.61. The molecule has 1 aliphatic heterocycles. The molecule has 104 valence electrons. The molecule has 1 aromatic heterocycles. The molecule has 0 bridgehead atoms. The number of piperidine rings is 1. The fourth-order valence-electron chi connectivity index (χ4n) is 2.26. The number of pyridine rings is 1. The zero-order valence-corrected chi connectivity index (χ0v) is 11.2. The second-order valence-electron chi connectivity index (χ2n) is 5.15. The summed E-state index contributed by atoms with van der Waals surface area (Å²) in [6.45, 7) is 5.92. The van der Waals surface area contributed by atoms with Crippen molar-refractivity contribution in [3.8, 4) is 0 Å². The summed E-state index contributed by atoms with van der Waals surface area (Å²) in [5.74, 6) is -0.0602. The normalized spacial score (nSPS) is 17.4. The molecular weight excluding hydrogens is 245 g/mol. The van der Waals surface area contributed by atoms with Crippen molar-refractivity contribution in [1.29, 1.82) is 0 Å². The van der Waals surface area contributed by atoms with Crippen molar-refractivity contribution in [1.82, 2.24) is 15.2 Å². The Morgan fingerprint density at radius 1 is 1.53 bits per heavy atom. The van der Waals surface area contributed by atoms with Crippen LogP contribution in [0.2, 0.25) is 0 Å². The predicted octanol–water partition coefficient (Wildman–Crippen LogP) is 1.68. The van der Waals surface area contributed by atoms with Gasteiger partial charge in [0.25, 0.3) is 5.91 Å². The van der Waals surface area contributed by atoms with Crippen LogP contribution in [-0.2, 0) is 0 Å². The van der Waals surface area contributed by atoms with Gasteiger partial charge in [-0.3, -0.25) is 4.79 Å².